The minimum absolute atomic E-state index is 0. The fourth-order valence-corrected chi connectivity index (χ4v) is 6.90. The third-order valence-electron chi connectivity index (χ3n) is 3.25. The van der Waals surface area contributed by atoms with Crippen molar-refractivity contribution in [3.8, 4) is 0 Å². The van der Waals surface area contributed by atoms with Gasteiger partial charge in [-0.25, -0.2) is 0 Å². The van der Waals surface area contributed by atoms with Crippen LogP contribution in [0.5, 0.6) is 0 Å². The van der Waals surface area contributed by atoms with Gasteiger partial charge in [-0.1, -0.05) is 6.92 Å². The first kappa shape index (κ1) is 15.2. The number of benzene rings is 1. The van der Waals surface area contributed by atoms with E-state index in [-0.39, 0.29) is 6.61 Å². The van der Waals surface area contributed by atoms with Crippen LogP contribution < -0.4 is 8.97 Å². The molecule has 0 amide bonds. The summed E-state index contributed by atoms with van der Waals surface area (Å²) in [6.07, 6.45) is 16.0. The predicted octanol–water partition coefficient (Wildman–Crippen LogP) is 2.98. The van der Waals surface area contributed by atoms with Crippen molar-refractivity contribution >= 4 is 3.87 Å². The minimum Gasteiger partial charge on any atom is -0.855 e. The van der Waals surface area contributed by atoms with Crippen LogP contribution in [-0.4, -0.2) is 6.61 Å². The molecule has 1 aromatic rings. The van der Waals surface area contributed by atoms with Gasteiger partial charge in [0.1, 0.15) is 0 Å². The van der Waals surface area contributed by atoms with Crippen molar-refractivity contribution in [1.29, 1.82) is 0 Å². The van der Waals surface area contributed by atoms with Gasteiger partial charge in [-0.2, -0.15) is 0 Å². The third-order valence-corrected chi connectivity index (χ3v) is 7.83. The van der Waals surface area contributed by atoms with Gasteiger partial charge in [-0.15, -0.1) is 6.61 Å². The molecule has 1 aromatic carbocycles. The Balaban J connectivity index is 0.000000452. The number of rotatable bonds is 3. The molecule has 1 nitrogen and oxygen atoms in total. The number of allylic oxidation sites excluding steroid dienone is 8. The van der Waals surface area contributed by atoms with Gasteiger partial charge in [0.2, 0.25) is 0 Å². The van der Waals surface area contributed by atoms with Crippen LogP contribution in [0.4, 0.5) is 0 Å². The maximum atomic E-state index is 8.93. The molecule has 2 aliphatic rings. The Hall–Kier alpha value is -1.15. The van der Waals surface area contributed by atoms with E-state index in [0.29, 0.717) is 0 Å². The van der Waals surface area contributed by atoms with Crippen molar-refractivity contribution in [1.82, 2.24) is 0 Å². The van der Waals surface area contributed by atoms with Gasteiger partial charge in [0.25, 0.3) is 0 Å². The molecule has 0 saturated carbocycles. The van der Waals surface area contributed by atoms with Crippen molar-refractivity contribution in [3.05, 3.63) is 74.5 Å². The maximum absolute atomic E-state index is 8.93. The third kappa shape index (κ3) is 3.92. The van der Waals surface area contributed by atoms with Crippen molar-refractivity contribution in [2.24, 2.45) is 0 Å². The van der Waals surface area contributed by atoms with Gasteiger partial charge in [-0.3, -0.25) is 0 Å². The Bertz CT molecular complexity index is 508. The van der Waals surface area contributed by atoms with Gasteiger partial charge in [0.15, 0.2) is 0 Å². The average molecular weight is 300 g/mol. The molecule has 102 valence electrons. The standard InChI is InChI=1S/C6H5.2C5H5.C2H5O.Ti/c1-2-4-6-5-3-1;2*1-2-4-5-3-1;1-2-3;/h1-5H;2*1-3H,4H2;2H2,1H3;/q;;;-1;+1. The summed E-state index contributed by atoms with van der Waals surface area (Å²) < 4.78 is 4.95. The molecule has 0 bridgehead atoms. The molecule has 0 N–H and O–H groups in total. The van der Waals surface area contributed by atoms with E-state index in [1.54, 1.807) is 18.5 Å². The van der Waals surface area contributed by atoms with Crippen LogP contribution in [0.25, 0.3) is 0 Å². The smallest absolute Gasteiger partial charge is 0.0809 e. The Morgan fingerprint density at radius 2 is 1.45 bits per heavy atom. The summed E-state index contributed by atoms with van der Waals surface area (Å²) in [4.78, 5) is 0. The molecule has 2 heteroatoms. The zero-order valence-corrected chi connectivity index (χ0v) is 13.4. The summed E-state index contributed by atoms with van der Waals surface area (Å²) in [5, 5.41) is 8.93. The van der Waals surface area contributed by atoms with Crippen LogP contribution in [0.1, 0.15) is 19.8 Å². The molecule has 0 spiro atoms. The fourth-order valence-electron chi connectivity index (χ4n) is 2.45. The van der Waals surface area contributed by atoms with E-state index < -0.39 is 17.9 Å². The second-order valence-corrected chi connectivity index (χ2v) is 8.76. The Morgan fingerprint density at radius 1 is 0.950 bits per heavy atom. The first-order chi connectivity index (χ1) is 9.86. The normalized spacial score (nSPS) is 15.5. The first-order valence-electron chi connectivity index (χ1n) is 7.09. The molecule has 0 unspecified atom stereocenters. The summed E-state index contributed by atoms with van der Waals surface area (Å²) in [6.45, 7) is 1.57. The van der Waals surface area contributed by atoms with Gasteiger partial charge in [-0.05, 0) is 0 Å². The quantitative estimate of drug-likeness (QED) is 0.787. The molecule has 2 aliphatic carbocycles. The van der Waals surface area contributed by atoms with Crippen LogP contribution >= 0.6 is 0 Å². The summed E-state index contributed by atoms with van der Waals surface area (Å²) in [6, 6.07) is 11.1. The van der Waals surface area contributed by atoms with Crippen molar-refractivity contribution in [2.75, 3.05) is 6.61 Å². The second kappa shape index (κ2) is 8.21. The van der Waals surface area contributed by atoms with Crippen molar-refractivity contribution in [2.45, 2.75) is 19.8 Å². The molecule has 0 saturated heterocycles. The van der Waals surface area contributed by atoms with E-state index in [9.17, 15) is 0 Å². The molecule has 0 radical (unpaired) electrons. The molecule has 0 fully saturated rings. The van der Waals surface area contributed by atoms with Crippen LogP contribution in [0.2, 0.25) is 0 Å². The van der Waals surface area contributed by atoms with Gasteiger partial charge < -0.3 is 5.11 Å². The van der Waals surface area contributed by atoms with E-state index in [1.165, 1.54) is 12.8 Å². The fraction of sp³-hybridized carbons (Fsp3) is 0.222. The second-order valence-electron chi connectivity index (χ2n) is 4.68. The molecule has 0 atom stereocenters. The van der Waals surface area contributed by atoms with Gasteiger partial charge in [0.05, 0.1) is 0 Å². The Morgan fingerprint density at radius 3 is 1.85 bits per heavy atom. The Kier molecular flexibility index (Phi) is 6.26. The van der Waals surface area contributed by atoms with E-state index in [2.05, 4.69) is 66.8 Å². The van der Waals surface area contributed by atoms with Crippen molar-refractivity contribution in [3.63, 3.8) is 0 Å². The van der Waals surface area contributed by atoms with E-state index in [1.807, 2.05) is 0 Å². The van der Waals surface area contributed by atoms with Crippen molar-refractivity contribution < 1.29 is 23.0 Å². The summed E-state index contributed by atoms with van der Waals surface area (Å²) in [7, 11) is 0. The minimum atomic E-state index is -1.41. The van der Waals surface area contributed by atoms with E-state index in [0.717, 1.165) is 0 Å². The SMILES string of the molecule is C1=CC[C]([Ti+]([C]2=CC=CC2)[c]2ccccc2)=C1.CC[O-]. The number of hydrogen-bond acceptors (Lipinski definition) is 1. The molecule has 20 heavy (non-hydrogen) atoms. The maximum Gasteiger partial charge on any atom is -0.0809 e. The average Bonchev–Trinajstić information content (AvgIpc) is 3.15. The zero-order valence-electron chi connectivity index (χ0n) is 11.9. The number of hydrogen-bond donors (Lipinski definition) is 0. The summed E-state index contributed by atoms with van der Waals surface area (Å²) in [5.74, 6) is 0. The largest absolute Gasteiger partial charge is 0.855 e. The predicted molar refractivity (Wildman–Crippen MR) is 80.3 cm³/mol. The van der Waals surface area contributed by atoms with E-state index >= 15 is 0 Å². The first-order valence-corrected chi connectivity index (χ1v) is 9.43. The van der Waals surface area contributed by atoms with Crippen LogP contribution in [-0.2, 0) is 17.9 Å². The van der Waals surface area contributed by atoms with Crippen LogP contribution in [0, 0.1) is 0 Å². The molecular formula is C18H20OTi. The molecule has 3 rings (SSSR count). The van der Waals surface area contributed by atoms with Gasteiger partial charge >= 0.3 is 109 Å². The van der Waals surface area contributed by atoms with Gasteiger partial charge in [0, 0.05) is 0 Å². The summed E-state index contributed by atoms with van der Waals surface area (Å²) in [5.41, 5.74) is 0. The monoisotopic (exact) mass is 300 g/mol. The molecular weight excluding hydrogens is 280 g/mol. The van der Waals surface area contributed by atoms with Crippen LogP contribution in [0.15, 0.2) is 74.5 Å². The van der Waals surface area contributed by atoms with Crippen LogP contribution in [0.3, 0.4) is 0 Å². The molecule has 0 aromatic heterocycles. The topological polar surface area (TPSA) is 23.1 Å². The summed E-state index contributed by atoms with van der Waals surface area (Å²) >= 11 is -1.41. The molecule has 0 heterocycles. The zero-order chi connectivity index (χ0) is 14.2. The Labute approximate surface area is 127 Å². The molecule has 0 aliphatic heterocycles. The van der Waals surface area contributed by atoms with E-state index in [4.69, 9.17) is 5.11 Å².